The smallest absolute Gasteiger partial charge is 0.416 e. The molecule has 0 bridgehead atoms. The van der Waals surface area contributed by atoms with Crippen LogP contribution in [-0.2, 0) is 22.7 Å². The summed E-state index contributed by atoms with van der Waals surface area (Å²) in [4.78, 5) is 1.58. The van der Waals surface area contributed by atoms with Crippen molar-refractivity contribution in [3.8, 4) is 5.75 Å². The first-order chi connectivity index (χ1) is 13.6. The fourth-order valence-corrected chi connectivity index (χ4v) is 4.64. The van der Waals surface area contributed by atoms with Gasteiger partial charge in [-0.1, -0.05) is 12.1 Å². The molecule has 0 aliphatic carbocycles. The topological polar surface area (TPSA) is 49.9 Å². The quantitative estimate of drug-likeness (QED) is 0.680. The van der Waals surface area contributed by atoms with Crippen LogP contribution in [0, 0.1) is 5.82 Å². The molecule has 0 spiro atoms. The number of halogens is 4. The average Bonchev–Trinajstić information content (AvgIpc) is 2.68. The molecule has 1 aliphatic heterocycles. The Morgan fingerprint density at radius 1 is 1.03 bits per heavy atom. The summed E-state index contributed by atoms with van der Waals surface area (Å²) in [6, 6.07) is 8.37. The maximum Gasteiger partial charge on any atom is 0.416 e. The van der Waals surface area contributed by atoms with Crippen LogP contribution >= 0.6 is 0 Å². The van der Waals surface area contributed by atoms with Crippen molar-refractivity contribution in [2.75, 3.05) is 33.3 Å². The van der Waals surface area contributed by atoms with Gasteiger partial charge in [0.25, 0.3) is 0 Å². The molecule has 0 amide bonds. The number of rotatable bonds is 5. The Morgan fingerprint density at radius 3 is 2.31 bits per heavy atom. The van der Waals surface area contributed by atoms with E-state index in [0.717, 1.165) is 23.8 Å². The van der Waals surface area contributed by atoms with Crippen molar-refractivity contribution in [1.82, 2.24) is 9.21 Å². The molecule has 1 heterocycles. The van der Waals surface area contributed by atoms with Crippen LogP contribution in [-0.4, -0.2) is 50.9 Å². The van der Waals surface area contributed by atoms with E-state index in [1.165, 1.54) is 23.5 Å². The van der Waals surface area contributed by atoms with Gasteiger partial charge in [0.2, 0.25) is 10.0 Å². The average molecular weight is 432 g/mol. The Balaban J connectivity index is 1.66. The lowest BCUT2D eigenvalue weighted by molar-refractivity contribution is -0.137. The van der Waals surface area contributed by atoms with Gasteiger partial charge >= 0.3 is 6.18 Å². The Hall–Kier alpha value is -2.17. The summed E-state index contributed by atoms with van der Waals surface area (Å²) < 4.78 is 84.0. The van der Waals surface area contributed by atoms with Crippen LogP contribution in [0.25, 0.3) is 0 Å². The number of ether oxygens (including phenoxy) is 1. The summed E-state index contributed by atoms with van der Waals surface area (Å²) >= 11 is 0. The Kier molecular flexibility index (Phi) is 6.16. The standard InChI is InChI=1S/C19H20F4N2O3S/c1-28-18-6-5-14(11-17(18)20)13-24-7-9-25(10-8-24)29(26,27)16-4-2-3-15(12-16)19(21,22)23/h2-6,11-12H,7-10,13H2,1H3. The molecule has 1 aliphatic rings. The third kappa shape index (κ3) is 4.88. The highest BCUT2D eigenvalue weighted by atomic mass is 32.2. The maximum atomic E-state index is 13.8. The van der Waals surface area contributed by atoms with Crippen molar-refractivity contribution in [3.05, 3.63) is 59.4 Å². The van der Waals surface area contributed by atoms with Crippen LogP contribution in [0.1, 0.15) is 11.1 Å². The minimum atomic E-state index is -4.61. The molecule has 0 saturated carbocycles. The monoisotopic (exact) mass is 432 g/mol. The molecule has 2 aromatic carbocycles. The minimum Gasteiger partial charge on any atom is -0.494 e. The highest BCUT2D eigenvalue weighted by Crippen LogP contribution is 2.31. The molecule has 0 aromatic heterocycles. The van der Waals surface area contributed by atoms with Gasteiger partial charge in [-0.05, 0) is 35.9 Å². The predicted molar refractivity (Wildman–Crippen MR) is 98.4 cm³/mol. The third-order valence-corrected chi connectivity index (χ3v) is 6.65. The lowest BCUT2D eigenvalue weighted by atomic mass is 10.2. The number of hydrogen-bond acceptors (Lipinski definition) is 4. The summed E-state index contributed by atoms with van der Waals surface area (Å²) in [6.45, 7) is 1.46. The van der Waals surface area contributed by atoms with Gasteiger partial charge in [0.15, 0.2) is 11.6 Å². The first-order valence-electron chi connectivity index (χ1n) is 8.83. The van der Waals surface area contributed by atoms with Crippen molar-refractivity contribution in [2.45, 2.75) is 17.6 Å². The van der Waals surface area contributed by atoms with Gasteiger partial charge in [0, 0.05) is 32.7 Å². The van der Waals surface area contributed by atoms with Crippen molar-refractivity contribution < 1.29 is 30.7 Å². The number of nitrogens with zero attached hydrogens (tertiary/aromatic N) is 2. The summed E-state index contributed by atoms with van der Waals surface area (Å²) in [5.41, 5.74) is -0.281. The largest absolute Gasteiger partial charge is 0.494 e. The van der Waals surface area contributed by atoms with Crippen LogP contribution in [0.4, 0.5) is 17.6 Å². The van der Waals surface area contributed by atoms with E-state index in [4.69, 9.17) is 4.74 Å². The second kappa shape index (κ2) is 8.29. The van der Waals surface area contributed by atoms with Crippen LogP contribution in [0.5, 0.6) is 5.75 Å². The van der Waals surface area contributed by atoms with Crippen molar-refractivity contribution in [3.63, 3.8) is 0 Å². The molecule has 3 rings (SSSR count). The van der Waals surface area contributed by atoms with Gasteiger partial charge in [-0.3, -0.25) is 4.90 Å². The molecule has 1 saturated heterocycles. The van der Waals surface area contributed by atoms with E-state index in [2.05, 4.69) is 0 Å². The van der Waals surface area contributed by atoms with E-state index in [0.29, 0.717) is 25.7 Å². The zero-order chi connectivity index (χ0) is 21.2. The van der Waals surface area contributed by atoms with Crippen LogP contribution in [0.3, 0.4) is 0 Å². The molecule has 0 atom stereocenters. The lowest BCUT2D eigenvalue weighted by Crippen LogP contribution is -2.48. The number of methoxy groups -OCH3 is 1. The second-order valence-corrected chi connectivity index (χ2v) is 8.61. The Morgan fingerprint density at radius 2 is 1.72 bits per heavy atom. The molecule has 5 nitrogen and oxygen atoms in total. The fraction of sp³-hybridized carbons (Fsp3) is 0.368. The highest BCUT2D eigenvalue weighted by Gasteiger charge is 2.34. The zero-order valence-corrected chi connectivity index (χ0v) is 16.4. The van der Waals surface area contributed by atoms with E-state index in [1.54, 1.807) is 6.07 Å². The third-order valence-electron chi connectivity index (χ3n) is 4.75. The number of hydrogen-bond donors (Lipinski definition) is 0. The van der Waals surface area contributed by atoms with E-state index in [9.17, 15) is 26.0 Å². The normalized spacial score (nSPS) is 16.7. The number of alkyl halides is 3. The molecule has 1 fully saturated rings. The molecular weight excluding hydrogens is 412 g/mol. The minimum absolute atomic E-state index is 0.136. The van der Waals surface area contributed by atoms with Gasteiger partial charge in [-0.15, -0.1) is 0 Å². The lowest BCUT2D eigenvalue weighted by Gasteiger charge is -2.34. The van der Waals surface area contributed by atoms with Gasteiger partial charge in [0.05, 0.1) is 17.6 Å². The molecular formula is C19H20F4N2O3S. The van der Waals surface area contributed by atoms with Gasteiger partial charge in [-0.25, -0.2) is 12.8 Å². The predicted octanol–water partition coefficient (Wildman–Crippen LogP) is 3.36. The SMILES string of the molecule is COc1ccc(CN2CCN(S(=O)(=O)c3cccc(C(F)(F)F)c3)CC2)cc1F. The second-order valence-electron chi connectivity index (χ2n) is 6.67. The summed E-state index contributed by atoms with van der Waals surface area (Å²) in [7, 11) is -2.65. The Bertz CT molecular complexity index is 972. The Labute approximate surface area is 166 Å². The molecule has 0 N–H and O–H groups in total. The van der Waals surface area contributed by atoms with Gasteiger partial charge in [-0.2, -0.15) is 17.5 Å². The van der Waals surface area contributed by atoms with E-state index < -0.39 is 27.6 Å². The fourth-order valence-electron chi connectivity index (χ4n) is 3.18. The number of benzene rings is 2. The molecule has 10 heteroatoms. The molecule has 2 aromatic rings. The maximum absolute atomic E-state index is 13.8. The zero-order valence-electron chi connectivity index (χ0n) is 15.6. The van der Waals surface area contributed by atoms with E-state index in [-0.39, 0.29) is 23.7 Å². The first-order valence-corrected chi connectivity index (χ1v) is 10.3. The molecule has 158 valence electrons. The van der Waals surface area contributed by atoms with E-state index >= 15 is 0 Å². The summed E-state index contributed by atoms with van der Waals surface area (Å²) in [6.07, 6.45) is -4.61. The van der Waals surface area contributed by atoms with Crippen molar-refractivity contribution in [1.29, 1.82) is 0 Å². The van der Waals surface area contributed by atoms with E-state index in [1.807, 2.05) is 4.90 Å². The summed E-state index contributed by atoms with van der Waals surface area (Å²) in [5.74, 6) is -0.332. The van der Waals surface area contributed by atoms with Crippen molar-refractivity contribution in [2.24, 2.45) is 0 Å². The van der Waals surface area contributed by atoms with Crippen LogP contribution in [0.2, 0.25) is 0 Å². The first kappa shape index (κ1) is 21.5. The number of piperazine rings is 1. The van der Waals surface area contributed by atoms with Gasteiger partial charge < -0.3 is 4.74 Å². The molecule has 0 radical (unpaired) electrons. The number of sulfonamides is 1. The van der Waals surface area contributed by atoms with Crippen LogP contribution < -0.4 is 4.74 Å². The molecule has 0 unspecified atom stereocenters. The van der Waals surface area contributed by atoms with Crippen molar-refractivity contribution >= 4 is 10.0 Å². The summed E-state index contributed by atoms with van der Waals surface area (Å²) in [5, 5.41) is 0. The molecule has 29 heavy (non-hydrogen) atoms. The highest BCUT2D eigenvalue weighted by molar-refractivity contribution is 7.89. The van der Waals surface area contributed by atoms with Crippen LogP contribution in [0.15, 0.2) is 47.4 Å². The van der Waals surface area contributed by atoms with Gasteiger partial charge in [0.1, 0.15) is 0 Å².